The summed E-state index contributed by atoms with van der Waals surface area (Å²) in [5, 5.41) is 0. The van der Waals surface area contributed by atoms with Crippen LogP contribution in [0.15, 0.2) is 9.59 Å². The third-order valence-electron chi connectivity index (χ3n) is 4.21. The Balaban J connectivity index is 4.09. The number of carbonyl (C=O) groups excluding carboxylic acids is 2. The van der Waals surface area contributed by atoms with Crippen LogP contribution in [-0.2, 0) is 46.8 Å². The van der Waals surface area contributed by atoms with Crippen LogP contribution in [0.2, 0.25) is 0 Å². The first-order chi connectivity index (χ1) is 13.1. The molecule has 2 unspecified atom stereocenters. The van der Waals surface area contributed by atoms with Crippen LogP contribution in [0.5, 0.6) is 5.88 Å². The lowest BCUT2D eigenvalue weighted by Crippen LogP contribution is -2.45. The fraction of sp³-hybridized carbons (Fsp3) is 0.600. The van der Waals surface area contributed by atoms with Gasteiger partial charge in [0.1, 0.15) is 5.92 Å². The lowest BCUT2D eigenvalue weighted by molar-refractivity contribution is -0.149. The van der Waals surface area contributed by atoms with E-state index in [1.807, 2.05) is 0 Å². The van der Waals surface area contributed by atoms with Crippen molar-refractivity contribution in [1.82, 2.24) is 9.13 Å². The van der Waals surface area contributed by atoms with E-state index < -0.39 is 47.9 Å². The zero-order valence-corrected chi connectivity index (χ0v) is 17.5. The van der Waals surface area contributed by atoms with Crippen LogP contribution in [0.4, 0.5) is 0 Å². The van der Waals surface area contributed by atoms with Crippen molar-refractivity contribution < 1.29 is 37.4 Å². The van der Waals surface area contributed by atoms with E-state index in [9.17, 15) is 23.7 Å². The molecular weight excluding hydrogens is 399 g/mol. The minimum atomic E-state index is -4.31. The van der Waals surface area contributed by atoms with Gasteiger partial charge in [-0.15, -0.1) is 0 Å². The van der Waals surface area contributed by atoms with E-state index in [0.717, 1.165) is 40.1 Å². The molecule has 0 N–H and O–H groups in total. The zero-order valence-electron chi connectivity index (χ0n) is 16.6. The van der Waals surface area contributed by atoms with Crippen LogP contribution in [0.1, 0.15) is 11.5 Å². The Morgan fingerprint density at radius 1 is 0.893 bits per heavy atom. The second-order valence-electron chi connectivity index (χ2n) is 5.50. The first-order valence-electron chi connectivity index (χ1n) is 7.76. The van der Waals surface area contributed by atoms with Gasteiger partial charge in [0.25, 0.3) is 5.56 Å². The molecule has 0 saturated carbocycles. The maximum absolute atomic E-state index is 13.1. The minimum absolute atomic E-state index is 0.323. The average molecular weight is 422 g/mol. The summed E-state index contributed by atoms with van der Waals surface area (Å²) in [6.45, 7) is 0. The van der Waals surface area contributed by atoms with E-state index >= 15 is 0 Å². The van der Waals surface area contributed by atoms with Crippen molar-refractivity contribution in [3.05, 3.63) is 26.4 Å². The van der Waals surface area contributed by atoms with Gasteiger partial charge in [-0.3, -0.25) is 28.1 Å². The van der Waals surface area contributed by atoms with Crippen molar-refractivity contribution in [2.45, 2.75) is 11.6 Å². The summed E-state index contributed by atoms with van der Waals surface area (Å²) >= 11 is 0. The molecule has 2 atom stereocenters. The van der Waals surface area contributed by atoms with Crippen LogP contribution in [0.3, 0.4) is 0 Å². The number of nitrogens with zero attached hydrogens (tertiary/aromatic N) is 2. The molecule has 0 saturated heterocycles. The highest BCUT2D eigenvalue weighted by atomic mass is 31.2. The molecule has 1 rings (SSSR count). The van der Waals surface area contributed by atoms with Gasteiger partial charge in [-0.1, -0.05) is 0 Å². The standard InChI is InChI=1S/C15H23N2O10P/c1-16-11(18)9(12(23-3)17(2)15(16)21)8(13(19)24-4)10(14(20)25-5)28(22,26-6)27-7/h8,10H,1-7H3. The van der Waals surface area contributed by atoms with Crippen LogP contribution in [0.25, 0.3) is 0 Å². The van der Waals surface area contributed by atoms with Crippen molar-refractivity contribution in [2.24, 2.45) is 14.1 Å². The number of hydrogen-bond donors (Lipinski definition) is 0. The largest absolute Gasteiger partial charge is 0.482 e. The summed E-state index contributed by atoms with van der Waals surface area (Å²) in [5.74, 6) is -4.40. The van der Waals surface area contributed by atoms with Gasteiger partial charge < -0.3 is 23.3 Å². The normalized spacial score (nSPS) is 13.5. The number of esters is 2. The van der Waals surface area contributed by atoms with Gasteiger partial charge in [0, 0.05) is 28.3 Å². The van der Waals surface area contributed by atoms with Gasteiger partial charge in [-0.25, -0.2) is 4.79 Å². The topological polar surface area (TPSA) is 141 Å². The minimum Gasteiger partial charge on any atom is -0.482 e. The van der Waals surface area contributed by atoms with Crippen molar-refractivity contribution in [2.75, 3.05) is 35.5 Å². The second kappa shape index (κ2) is 9.18. The van der Waals surface area contributed by atoms with E-state index in [2.05, 4.69) is 4.74 Å². The van der Waals surface area contributed by atoms with Crippen molar-refractivity contribution in [1.29, 1.82) is 0 Å². The fourth-order valence-electron chi connectivity index (χ4n) is 2.77. The van der Waals surface area contributed by atoms with E-state index in [0.29, 0.717) is 4.57 Å². The van der Waals surface area contributed by atoms with Gasteiger partial charge in [0.05, 0.1) is 26.9 Å². The lowest BCUT2D eigenvalue weighted by atomic mass is 9.96. The number of carbonyl (C=O) groups is 2. The summed E-state index contributed by atoms with van der Waals surface area (Å²) in [7, 11) is 3.32. The predicted molar refractivity (Wildman–Crippen MR) is 95.7 cm³/mol. The molecule has 0 aliphatic heterocycles. The SMILES string of the molecule is COC(=O)C(c1c(OC)n(C)c(=O)n(C)c1=O)C(C(=O)OC)P(=O)(OC)OC. The zero-order chi connectivity index (χ0) is 21.8. The van der Waals surface area contributed by atoms with Gasteiger partial charge >= 0.3 is 25.2 Å². The maximum atomic E-state index is 13.1. The Morgan fingerprint density at radius 2 is 1.39 bits per heavy atom. The molecule has 1 aromatic heterocycles. The quantitative estimate of drug-likeness (QED) is 0.393. The Kier molecular flexibility index (Phi) is 7.74. The molecule has 158 valence electrons. The number of hydrogen-bond acceptors (Lipinski definition) is 10. The molecule has 0 fully saturated rings. The number of ether oxygens (including phenoxy) is 3. The number of rotatable bonds is 8. The van der Waals surface area contributed by atoms with Gasteiger partial charge in [0.2, 0.25) is 5.88 Å². The molecule has 0 aliphatic carbocycles. The van der Waals surface area contributed by atoms with Crippen molar-refractivity contribution in [3.63, 3.8) is 0 Å². The number of aromatic nitrogens is 2. The Bertz CT molecular complexity index is 911. The summed E-state index contributed by atoms with van der Waals surface area (Å²) in [5.41, 5.74) is -4.05. The van der Waals surface area contributed by atoms with Gasteiger partial charge in [-0.05, 0) is 0 Å². The molecule has 1 aromatic rings. The van der Waals surface area contributed by atoms with E-state index in [1.54, 1.807) is 0 Å². The second-order valence-corrected chi connectivity index (χ2v) is 7.87. The first kappa shape index (κ1) is 23.6. The molecule has 0 amide bonds. The van der Waals surface area contributed by atoms with E-state index in [1.165, 1.54) is 14.1 Å². The fourth-order valence-corrected chi connectivity index (χ4v) is 4.37. The molecular formula is C15H23N2O10P. The predicted octanol–water partition coefficient (Wildman–Crippen LogP) is -0.623. The van der Waals surface area contributed by atoms with Crippen LogP contribution in [0, 0.1) is 0 Å². The molecule has 0 bridgehead atoms. The molecule has 13 heteroatoms. The Hall–Kier alpha value is -2.43. The molecule has 0 aromatic carbocycles. The third kappa shape index (κ3) is 3.89. The highest BCUT2D eigenvalue weighted by Gasteiger charge is 2.53. The smallest absolute Gasteiger partial charge is 0.345 e. The molecule has 12 nitrogen and oxygen atoms in total. The molecule has 0 aliphatic rings. The van der Waals surface area contributed by atoms with E-state index in [4.69, 9.17) is 18.5 Å². The number of methoxy groups -OCH3 is 3. The monoisotopic (exact) mass is 422 g/mol. The van der Waals surface area contributed by atoms with Crippen molar-refractivity contribution >= 4 is 19.5 Å². The molecule has 0 spiro atoms. The summed E-state index contributed by atoms with van der Waals surface area (Å²) in [6, 6.07) is 0. The average Bonchev–Trinajstić information content (AvgIpc) is 2.71. The first-order valence-corrected chi connectivity index (χ1v) is 9.38. The van der Waals surface area contributed by atoms with Crippen LogP contribution < -0.4 is 16.0 Å². The van der Waals surface area contributed by atoms with Crippen LogP contribution >= 0.6 is 7.60 Å². The highest BCUT2D eigenvalue weighted by Crippen LogP contribution is 2.57. The Labute approximate surface area is 160 Å². The third-order valence-corrected chi connectivity index (χ3v) is 6.42. The van der Waals surface area contributed by atoms with Crippen molar-refractivity contribution in [3.8, 4) is 5.88 Å². The summed E-state index contributed by atoms with van der Waals surface area (Å²) in [4.78, 5) is 50.1. The summed E-state index contributed by atoms with van der Waals surface area (Å²) in [6.07, 6.45) is 0. The van der Waals surface area contributed by atoms with Gasteiger partial charge in [0.15, 0.2) is 5.66 Å². The van der Waals surface area contributed by atoms with Gasteiger partial charge in [-0.2, -0.15) is 0 Å². The molecule has 28 heavy (non-hydrogen) atoms. The Morgan fingerprint density at radius 3 is 1.79 bits per heavy atom. The highest BCUT2D eigenvalue weighted by molar-refractivity contribution is 7.55. The summed E-state index contributed by atoms with van der Waals surface area (Å²) < 4.78 is 39.0. The lowest BCUT2D eigenvalue weighted by Gasteiger charge is -2.28. The van der Waals surface area contributed by atoms with Crippen LogP contribution in [-0.4, -0.2) is 62.3 Å². The molecule has 1 heterocycles. The molecule has 0 radical (unpaired) electrons. The maximum Gasteiger partial charge on any atom is 0.345 e. The van der Waals surface area contributed by atoms with E-state index in [-0.39, 0.29) is 5.88 Å².